The van der Waals surface area contributed by atoms with Gasteiger partial charge in [-0.25, -0.2) is 13.1 Å². The van der Waals surface area contributed by atoms with E-state index >= 15 is 0 Å². The number of benzene rings is 1. The zero-order valence-corrected chi connectivity index (χ0v) is 12.8. The minimum atomic E-state index is -3.71. The van der Waals surface area contributed by atoms with Crippen molar-refractivity contribution in [1.82, 2.24) is 9.78 Å². The van der Waals surface area contributed by atoms with Gasteiger partial charge >= 0.3 is 0 Å². The number of nitriles is 1. The van der Waals surface area contributed by atoms with Crippen molar-refractivity contribution >= 4 is 15.8 Å². The zero-order valence-electron chi connectivity index (χ0n) is 12.0. The van der Waals surface area contributed by atoms with Crippen molar-refractivity contribution in [2.75, 3.05) is 4.72 Å². The van der Waals surface area contributed by atoms with Crippen LogP contribution in [0.5, 0.6) is 0 Å². The molecule has 2 rings (SSSR count). The summed E-state index contributed by atoms with van der Waals surface area (Å²) in [5.41, 5.74) is 1.08. The molecule has 0 spiro atoms. The van der Waals surface area contributed by atoms with E-state index in [1.54, 1.807) is 23.9 Å². The lowest BCUT2D eigenvalue weighted by atomic mass is 10.1. The predicted octanol–water partition coefficient (Wildman–Crippen LogP) is 2.44. The molecule has 0 radical (unpaired) electrons. The molecule has 0 fully saturated rings. The Morgan fingerprint density at radius 1 is 1.33 bits per heavy atom. The van der Waals surface area contributed by atoms with Gasteiger partial charge in [0.1, 0.15) is 5.82 Å². The number of nitrogens with zero attached hydrogens (tertiary/aromatic N) is 3. The number of nitrogens with one attached hydrogen (secondary N) is 1. The average Bonchev–Trinajstić information content (AvgIpc) is 2.86. The van der Waals surface area contributed by atoms with Crippen LogP contribution >= 0.6 is 0 Å². The molecule has 0 saturated carbocycles. The summed E-state index contributed by atoms with van der Waals surface area (Å²) in [5.74, 6) is 0.409. The first kappa shape index (κ1) is 15.1. The molecular formula is C14H16N4O2S. The third kappa shape index (κ3) is 3.06. The van der Waals surface area contributed by atoms with Crippen LogP contribution in [0, 0.1) is 18.3 Å². The summed E-state index contributed by atoms with van der Waals surface area (Å²) in [6.45, 7) is 5.53. The molecular weight excluding hydrogens is 288 g/mol. The number of rotatable bonds is 4. The lowest BCUT2D eigenvalue weighted by Crippen LogP contribution is -2.17. The Hall–Kier alpha value is -2.33. The van der Waals surface area contributed by atoms with E-state index in [0.717, 1.165) is 0 Å². The SMILES string of the molecule is Cc1cc(S(=O)(=O)Nc2ccnn2C(C)C)ccc1C#N. The van der Waals surface area contributed by atoms with Gasteiger partial charge in [-0.15, -0.1) is 0 Å². The molecule has 1 aromatic carbocycles. The highest BCUT2D eigenvalue weighted by atomic mass is 32.2. The first-order valence-electron chi connectivity index (χ1n) is 6.42. The molecule has 0 amide bonds. The van der Waals surface area contributed by atoms with Crippen molar-refractivity contribution in [1.29, 1.82) is 5.26 Å². The topological polar surface area (TPSA) is 87.8 Å². The van der Waals surface area contributed by atoms with Crippen LogP contribution in [0.25, 0.3) is 0 Å². The molecule has 0 aliphatic heterocycles. The van der Waals surface area contributed by atoms with Crippen molar-refractivity contribution in [3.63, 3.8) is 0 Å². The van der Waals surface area contributed by atoms with Crippen molar-refractivity contribution in [3.8, 4) is 6.07 Å². The summed E-state index contributed by atoms with van der Waals surface area (Å²) in [6.07, 6.45) is 1.54. The third-order valence-corrected chi connectivity index (χ3v) is 4.38. The quantitative estimate of drug-likeness (QED) is 0.939. The fraction of sp³-hybridized carbons (Fsp3) is 0.286. The Bertz CT molecular complexity index is 801. The minimum Gasteiger partial charge on any atom is -0.264 e. The van der Waals surface area contributed by atoms with E-state index in [4.69, 9.17) is 5.26 Å². The lowest BCUT2D eigenvalue weighted by molar-refractivity contribution is 0.539. The summed E-state index contributed by atoms with van der Waals surface area (Å²) in [6, 6.07) is 8.07. The normalized spacial score (nSPS) is 11.4. The van der Waals surface area contributed by atoms with Gasteiger partial charge < -0.3 is 0 Å². The molecule has 1 heterocycles. The molecule has 1 N–H and O–H groups in total. The molecule has 0 bridgehead atoms. The van der Waals surface area contributed by atoms with E-state index in [-0.39, 0.29) is 10.9 Å². The first-order valence-corrected chi connectivity index (χ1v) is 7.90. The zero-order chi connectivity index (χ0) is 15.6. The molecule has 1 aromatic heterocycles. The monoisotopic (exact) mass is 304 g/mol. The molecule has 0 aliphatic rings. The van der Waals surface area contributed by atoms with Crippen LogP contribution in [0.4, 0.5) is 5.82 Å². The van der Waals surface area contributed by atoms with E-state index in [9.17, 15) is 8.42 Å². The van der Waals surface area contributed by atoms with Gasteiger partial charge in [0.2, 0.25) is 0 Å². The number of anilines is 1. The largest absolute Gasteiger partial charge is 0.264 e. The second-order valence-electron chi connectivity index (χ2n) is 4.95. The molecule has 110 valence electrons. The van der Waals surface area contributed by atoms with Crippen LogP contribution in [0.15, 0.2) is 35.4 Å². The summed E-state index contributed by atoms with van der Waals surface area (Å²) in [4.78, 5) is 0.121. The number of aromatic nitrogens is 2. The average molecular weight is 304 g/mol. The molecule has 0 saturated heterocycles. The maximum absolute atomic E-state index is 12.4. The van der Waals surface area contributed by atoms with E-state index in [1.807, 2.05) is 19.9 Å². The first-order chi connectivity index (χ1) is 9.85. The molecule has 2 aromatic rings. The summed E-state index contributed by atoms with van der Waals surface area (Å²) in [5, 5.41) is 13.0. The number of sulfonamides is 1. The van der Waals surface area contributed by atoms with Crippen molar-refractivity contribution in [3.05, 3.63) is 41.6 Å². The molecule has 7 heteroatoms. The minimum absolute atomic E-state index is 0.0420. The van der Waals surface area contributed by atoms with Gasteiger partial charge in [-0.2, -0.15) is 10.4 Å². The highest BCUT2D eigenvalue weighted by molar-refractivity contribution is 7.92. The van der Waals surface area contributed by atoms with E-state index < -0.39 is 10.0 Å². The van der Waals surface area contributed by atoms with Crippen molar-refractivity contribution in [2.45, 2.75) is 31.7 Å². The highest BCUT2D eigenvalue weighted by Crippen LogP contribution is 2.20. The molecule has 0 atom stereocenters. The van der Waals surface area contributed by atoms with Crippen LogP contribution in [0.3, 0.4) is 0 Å². The Morgan fingerprint density at radius 3 is 2.62 bits per heavy atom. The Balaban J connectivity index is 2.37. The van der Waals surface area contributed by atoms with Crippen LogP contribution in [-0.4, -0.2) is 18.2 Å². The van der Waals surface area contributed by atoms with Gasteiger partial charge in [-0.1, -0.05) is 0 Å². The second-order valence-corrected chi connectivity index (χ2v) is 6.63. The fourth-order valence-electron chi connectivity index (χ4n) is 1.93. The second kappa shape index (κ2) is 5.58. The van der Waals surface area contributed by atoms with Crippen LogP contribution in [0.2, 0.25) is 0 Å². The highest BCUT2D eigenvalue weighted by Gasteiger charge is 2.18. The third-order valence-electron chi connectivity index (χ3n) is 3.03. The molecule has 0 unspecified atom stereocenters. The Labute approximate surface area is 124 Å². The van der Waals surface area contributed by atoms with E-state index in [1.165, 1.54) is 18.2 Å². The Morgan fingerprint density at radius 2 is 2.05 bits per heavy atom. The van der Waals surface area contributed by atoms with E-state index in [2.05, 4.69) is 9.82 Å². The fourth-order valence-corrected chi connectivity index (χ4v) is 3.07. The maximum Gasteiger partial charge on any atom is 0.263 e. The lowest BCUT2D eigenvalue weighted by Gasteiger charge is -2.13. The van der Waals surface area contributed by atoms with Gasteiger partial charge in [0.05, 0.1) is 22.7 Å². The van der Waals surface area contributed by atoms with Crippen LogP contribution in [0.1, 0.15) is 31.0 Å². The van der Waals surface area contributed by atoms with Gasteiger partial charge in [-0.05, 0) is 44.5 Å². The summed E-state index contributed by atoms with van der Waals surface area (Å²) < 4.78 is 28.9. The summed E-state index contributed by atoms with van der Waals surface area (Å²) in [7, 11) is -3.71. The van der Waals surface area contributed by atoms with Crippen molar-refractivity contribution in [2.24, 2.45) is 0 Å². The van der Waals surface area contributed by atoms with Crippen molar-refractivity contribution < 1.29 is 8.42 Å². The van der Waals surface area contributed by atoms with Crippen LogP contribution < -0.4 is 4.72 Å². The molecule has 21 heavy (non-hydrogen) atoms. The van der Waals surface area contributed by atoms with Gasteiger partial charge in [0.15, 0.2) is 0 Å². The molecule has 0 aliphatic carbocycles. The predicted molar refractivity (Wildman–Crippen MR) is 79.3 cm³/mol. The smallest absolute Gasteiger partial charge is 0.263 e. The van der Waals surface area contributed by atoms with Gasteiger partial charge in [-0.3, -0.25) is 4.72 Å². The standard InChI is InChI=1S/C14H16N4O2S/c1-10(2)18-14(6-7-16-18)17-21(19,20)13-5-4-12(9-15)11(3)8-13/h4-8,10,17H,1-3H3. The number of aryl methyl sites for hydroxylation is 1. The van der Waals surface area contributed by atoms with Crippen LogP contribution in [-0.2, 0) is 10.0 Å². The van der Waals surface area contributed by atoms with Gasteiger partial charge in [0, 0.05) is 12.1 Å². The summed E-state index contributed by atoms with van der Waals surface area (Å²) >= 11 is 0. The van der Waals surface area contributed by atoms with E-state index in [0.29, 0.717) is 16.9 Å². The maximum atomic E-state index is 12.4. The van der Waals surface area contributed by atoms with Gasteiger partial charge in [0.25, 0.3) is 10.0 Å². The number of hydrogen-bond acceptors (Lipinski definition) is 4. The number of hydrogen-bond donors (Lipinski definition) is 1. The Kier molecular flexibility index (Phi) is 4.00. The molecule has 6 nitrogen and oxygen atoms in total.